The number of rotatable bonds is 4. The molecule has 128 valence electrons. The molecule has 0 spiro atoms. The Morgan fingerprint density at radius 3 is 2.60 bits per heavy atom. The molecule has 6 nitrogen and oxygen atoms in total. The molecule has 7 heteroatoms. The van der Waals surface area contributed by atoms with Gasteiger partial charge in [-0.1, -0.05) is 41.9 Å². The number of benzene rings is 2. The fraction of sp³-hybridized carbons (Fsp3) is 0.167. The fourth-order valence-electron chi connectivity index (χ4n) is 2.68. The lowest BCUT2D eigenvalue weighted by atomic mass is 10.1. The summed E-state index contributed by atoms with van der Waals surface area (Å²) in [6.07, 6.45) is 0. The molecule has 2 aromatic carbocycles. The summed E-state index contributed by atoms with van der Waals surface area (Å²) in [5.74, 6) is -0.449. The molecule has 2 N–H and O–H groups in total. The number of nitrogens with zero attached hydrogens (tertiary/aromatic N) is 1. The van der Waals surface area contributed by atoms with E-state index in [-0.39, 0.29) is 12.6 Å². The number of aromatic nitrogens is 2. The highest BCUT2D eigenvalue weighted by Crippen LogP contribution is 2.21. The highest BCUT2D eigenvalue weighted by Gasteiger charge is 2.15. The second-order valence-electron chi connectivity index (χ2n) is 5.68. The van der Waals surface area contributed by atoms with Gasteiger partial charge in [0, 0.05) is 5.02 Å². The van der Waals surface area contributed by atoms with Crippen LogP contribution in [0.25, 0.3) is 10.9 Å². The molecule has 0 bridgehead atoms. The van der Waals surface area contributed by atoms with Gasteiger partial charge in [-0.05, 0) is 30.7 Å². The first-order chi connectivity index (χ1) is 12.0. The predicted octanol–water partition coefficient (Wildman–Crippen LogP) is 2.22. The molecule has 0 fully saturated rings. The van der Waals surface area contributed by atoms with Gasteiger partial charge < -0.3 is 10.3 Å². The summed E-state index contributed by atoms with van der Waals surface area (Å²) in [6, 6.07) is 13.5. The molecule has 0 aliphatic heterocycles. The van der Waals surface area contributed by atoms with Crippen molar-refractivity contribution in [2.24, 2.45) is 0 Å². The van der Waals surface area contributed by atoms with Crippen LogP contribution in [0.1, 0.15) is 18.5 Å². The molecule has 0 saturated carbocycles. The summed E-state index contributed by atoms with van der Waals surface area (Å²) in [5.41, 5.74) is 0.0834. The summed E-state index contributed by atoms with van der Waals surface area (Å²) >= 11 is 6.12. The van der Waals surface area contributed by atoms with Gasteiger partial charge in [0.15, 0.2) is 0 Å². The van der Waals surface area contributed by atoms with E-state index >= 15 is 0 Å². The second kappa shape index (κ2) is 6.94. The summed E-state index contributed by atoms with van der Waals surface area (Å²) < 4.78 is 0.886. The number of carbonyl (C=O) groups excluding carboxylic acids is 1. The molecule has 1 heterocycles. The van der Waals surface area contributed by atoms with Crippen LogP contribution in [0.2, 0.25) is 5.02 Å². The van der Waals surface area contributed by atoms with Crippen LogP contribution in [-0.4, -0.2) is 15.5 Å². The van der Waals surface area contributed by atoms with Gasteiger partial charge in [0.1, 0.15) is 6.54 Å². The van der Waals surface area contributed by atoms with Gasteiger partial charge in [0.05, 0.1) is 16.9 Å². The Labute approximate surface area is 148 Å². The van der Waals surface area contributed by atoms with Crippen molar-refractivity contribution in [1.29, 1.82) is 0 Å². The lowest BCUT2D eigenvalue weighted by molar-refractivity contribution is -0.122. The van der Waals surface area contributed by atoms with Crippen molar-refractivity contribution in [3.63, 3.8) is 0 Å². The average molecular weight is 358 g/mol. The maximum atomic E-state index is 12.4. The largest absolute Gasteiger partial charge is 0.348 e. The number of amides is 1. The maximum absolute atomic E-state index is 12.4. The van der Waals surface area contributed by atoms with Crippen molar-refractivity contribution in [1.82, 2.24) is 14.9 Å². The molecule has 1 unspecified atom stereocenters. The van der Waals surface area contributed by atoms with Crippen molar-refractivity contribution >= 4 is 28.4 Å². The zero-order valence-corrected chi connectivity index (χ0v) is 14.2. The van der Waals surface area contributed by atoms with Gasteiger partial charge in [-0.2, -0.15) is 0 Å². The van der Waals surface area contributed by atoms with E-state index in [0.29, 0.717) is 15.9 Å². The standard InChI is InChI=1S/C18H16ClN3O3/c1-11(12-6-2-4-8-14(12)19)20-16(23)10-22-17(24)13-7-3-5-9-15(13)21-18(22)25/h2-9,11H,10H2,1H3,(H,20,23)(H,21,25). The Bertz CT molecular complexity index is 1060. The molecule has 1 amide bonds. The van der Waals surface area contributed by atoms with Crippen LogP contribution >= 0.6 is 11.6 Å². The van der Waals surface area contributed by atoms with Crippen LogP contribution in [0.3, 0.4) is 0 Å². The fourth-order valence-corrected chi connectivity index (χ4v) is 2.98. The van der Waals surface area contributed by atoms with Crippen LogP contribution in [0.4, 0.5) is 0 Å². The van der Waals surface area contributed by atoms with Crippen molar-refractivity contribution in [2.45, 2.75) is 19.5 Å². The topological polar surface area (TPSA) is 84.0 Å². The van der Waals surface area contributed by atoms with Crippen molar-refractivity contribution in [3.05, 3.63) is 80.0 Å². The number of hydrogen-bond donors (Lipinski definition) is 2. The monoisotopic (exact) mass is 357 g/mol. The van der Waals surface area contributed by atoms with Crippen molar-refractivity contribution < 1.29 is 4.79 Å². The van der Waals surface area contributed by atoms with Crippen LogP contribution in [0.15, 0.2) is 58.1 Å². The number of para-hydroxylation sites is 1. The number of nitrogens with one attached hydrogen (secondary N) is 2. The second-order valence-corrected chi connectivity index (χ2v) is 6.08. The number of carbonyl (C=O) groups is 1. The minimum Gasteiger partial charge on any atom is -0.348 e. The third kappa shape index (κ3) is 3.49. The average Bonchev–Trinajstić information content (AvgIpc) is 2.59. The Hall–Kier alpha value is -2.86. The predicted molar refractivity (Wildman–Crippen MR) is 96.8 cm³/mol. The minimum absolute atomic E-state index is 0.351. The third-order valence-electron chi connectivity index (χ3n) is 3.94. The van der Waals surface area contributed by atoms with Gasteiger partial charge in [-0.15, -0.1) is 0 Å². The maximum Gasteiger partial charge on any atom is 0.329 e. The first-order valence-electron chi connectivity index (χ1n) is 7.73. The van der Waals surface area contributed by atoms with E-state index in [2.05, 4.69) is 10.3 Å². The van der Waals surface area contributed by atoms with Gasteiger partial charge in [0.25, 0.3) is 5.56 Å². The zero-order chi connectivity index (χ0) is 18.0. The smallest absolute Gasteiger partial charge is 0.329 e. The van der Waals surface area contributed by atoms with Gasteiger partial charge in [0.2, 0.25) is 5.91 Å². The number of halogens is 1. The molecule has 1 atom stereocenters. The summed E-state index contributed by atoms with van der Waals surface area (Å²) in [7, 11) is 0. The van der Waals surface area contributed by atoms with E-state index in [0.717, 1.165) is 10.1 Å². The van der Waals surface area contributed by atoms with Crippen molar-refractivity contribution in [2.75, 3.05) is 0 Å². The van der Waals surface area contributed by atoms with Gasteiger partial charge in [-0.3, -0.25) is 14.2 Å². The van der Waals surface area contributed by atoms with E-state index in [9.17, 15) is 14.4 Å². The van der Waals surface area contributed by atoms with Gasteiger partial charge in [-0.25, -0.2) is 4.79 Å². The molecule has 0 radical (unpaired) electrons. The molecule has 0 aliphatic rings. The van der Waals surface area contributed by atoms with Crippen LogP contribution in [0.5, 0.6) is 0 Å². The minimum atomic E-state index is -0.621. The molecule has 0 saturated heterocycles. The molecule has 3 aromatic rings. The normalized spacial score (nSPS) is 12.1. The first kappa shape index (κ1) is 17.0. The highest BCUT2D eigenvalue weighted by molar-refractivity contribution is 6.31. The van der Waals surface area contributed by atoms with E-state index in [4.69, 9.17) is 11.6 Å². The van der Waals surface area contributed by atoms with Crippen LogP contribution in [-0.2, 0) is 11.3 Å². The lowest BCUT2D eigenvalue weighted by Crippen LogP contribution is -2.41. The molecule has 25 heavy (non-hydrogen) atoms. The molecule has 1 aromatic heterocycles. The van der Waals surface area contributed by atoms with Gasteiger partial charge >= 0.3 is 5.69 Å². The highest BCUT2D eigenvalue weighted by atomic mass is 35.5. The Morgan fingerprint density at radius 2 is 1.84 bits per heavy atom. The number of fused-ring (bicyclic) bond motifs is 1. The molecule has 3 rings (SSSR count). The quantitative estimate of drug-likeness (QED) is 0.751. The molecular weight excluding hydrogens is 342 g/mol. The lowest BCUT2D eigenvalue weighted by Gasteiger charge is -2.16. The Kier molecular flexibility index (Phi) is 4.72. The summed E-state index contributed by atoms with van der Waals surface area (Å²) in [5, 5.41) is 3.65. The molecular formula is C18H16ClN3O3. The summed E-state index contributed by atoms with van der Waals surface area (Å²) in [4.78, 5) is 39.4. The Morgan fingerprint density at radius 1 is 1.16 bits per heavy atom. The summed E-state index contributed by atoms with van der Waals surface area (Å²) in [6.45, 7) is 1.42. The third-order valence-corrected chi connectivity index (χ3v) is 4.28. The van der Waals surface area contributed by atoms with E-state index < -0.39 is 17.2 Å². The number of H-pyrrole nitrogens is 1. The van der Waals surface area contributed by atoms with Crippen molar-refractivity contribution in [3.8, 4) is 0 Å². The Balaban J connectivity index is 1.84. The van der Waals surface area contributed by atoms with E-state index in [1.807, 2.05) is 12.1 Å². The van der Waals surface area contributed by atoms with Crippen LogP contribution in [0, 0.1) is 0 Å². The number of hydrogen-bond acceptors (Lipinski definition) is 3. The van der Waals surface area contributed by atoms with E-state index in [1.54, 1.807) is 43.3 Å². The first-order valence-corrected chi connectivity index (χ1v) is 8.11. The van der Waals surface area contributed by atoms with Crippen LogP contribution < -0.4 is 16.6 Å². The SMILES string of the molecule is CC(NC(=O)Cn1c(=O)[nH]c2ccccc2c1=O)c1ccccc1Cl. The number of aromatic amines is 1. The zero-order valence-electron chi connectivity index (χ0n) is 13.5. The molecule has 0 aliphatic carbocycles. The van der Waals surface area contributed by atoms with E-state index in [1.165, 1.54) is 0 Å².